The number of hydrogen-bond acceptors (Lipinski definition) is 3. The molecule has 6 nitrogen and oxygen atoms in total. The zero-order chi connectivity index (χ0) is 21.8. The van der Waals surface area contributed by atoms with Gasteiger partial charge in [0, 0.05) is 18.4 Å². The molecule has 1 aromatic heterocycles. The lowest BCUT2D eigenvalue weighted by Gasteiger charge is -2.14. The van der Waals surface area contributed by atoms with Gasteiger partial charge in [-0.15, -0.1) is 0 Å². The van der Waals surface area contributed by atoms with Crippen molar-refractivity contribution in [2.75, 3.05) is 33.3 Å². The summed E-state index contributed by atoms with van der Waals surface area (Å²) in [6, 6.07) is 15.8. The van der Waals surface area contributed by atoms with E-state index < -0.39 is 0 Å². The van der Waals surface area contributed by atoms with E-state index in [1.54, 1.807) is 16.7 Å². The number of hydrogen-bond donors (Lipinski definition) is 2. The molecule has 2 heterocycles. The molecule has 0 aliphatic carbocycles. The van der Waals surface area contributed by atoms with Gasteiger partial charge in [-0.25, -0.2) is 4.68 Å². The van der Waals surface area contributed by atoms with Crippen molar-refractivity contribution in [1.82, 2.24) is 15.1 Å². The number of carbonyl (C=O) groups excluding carboxylic acids is 1. The third-order valence-corrected chi connectivity index (χ3v) is 5.98. The number of ether oxygens (including phenoxy) is 1. The summed E-state index contributed by atoms with van der Waals surface area (Å²) < 4.78 is 7.14. The van der Waals surface area contributed by atoms with Crippen molar-refractivity contribution < 1.29 is 14.4 Å². The molecule has 6 heteroatoms. The van der Waals surface area contributed by atoms with Gasteiger partial charge in [0.05, 0.1) is 44.7 Å². The van der Waals surface area contributed by atoms with Crippen molar-refractivity contribution >= 4 is 5.91 Å². The molecule has 1 amide bonds. The fourth-order valence-electron chi connectivity index (χ4n) is 4.17. The van der Waals surface area contributed by atoms with Gasteiger partial charge in [0.1, 0.15) is 11.4 Å². The standard InChI is InChI=1S/C25H30N4O2/c1-18-9-10-19(2)23(15-18)29-24(25(30)26-11-14-28-12-4-5-13-28)17-22(27-29)20-7-6-8-21(16-20)31-3/h6-10,15-17H,4-5,11-14H2,1-3H3,(H,26,30)/p+1. The summed E-state index contributed by atoms with van der Waals surface area (Å²) in [7, 11) is 1.65. The molecule has 0 bridgehead atoms. The second-order valence-electron chi connectivity index (χ2n) is 8.31. The van der Waals surface area contributed by atoms with Gasteiger partial charge < -0.3 is 15.0 Å². The molecule has 1 aliphatic heterocycles. The first-order valence-electron chi connectivity index (χ1n) is 11.0. The molecule has 2 N–H and O–H groups in total. The van der Waals surface area contributed by atoms with E-state index in [1.807, 2.05) is 44.2 Å². The Morgan fingerprint density at radius 3 is 2.71 bits per heavy atom. The van der Waals surface area contributed by atoms with E-state index in [-0.39, 0.29) is 5.91 Å². The van der Waals surface area contributed by atoms with Gasteiger partial charge in [0.25, 0.3) is 5.91 Å². The summed E-state index contributed by atoms with van der Waals surface area (Å²) in [6.45, 7) is 8.13. The molecular weight excluding hydrogens is 388 g/mol. The summed E-state index contributed by atoms with van der Waals surface area (Å²) in [6.07, 6.45) is 2.57. The molecule has 0 unspecified atom stereocenters. The first-order valence-corrected chi connectivity index (χ1v) is 11.0. The van der Waals surface area contributed by atoms with Crippen molar-refractivity contribution in [3.05, 3.63) is 65.4 Å². The summed E-state index contributed by atoms with van der Waals surface area (Å²) in [5, 5.41) is 7.94. The minimum atomic E-state index is -0.0962. The Hall–Kier alpha value is -3.12. The Labute approximate surface area is 183 Å². The van der Waals surface area contributed by atoms with Crippen molar-refractivity contribution in [2.45, 2.75) is 26.7 Å². The number of likely N-dealkylation sites (tertiary alicyclic amines) is 1. The monoisotopic (exact) mass is 419 g/mol. The fourth-order valence-corrected chi connectivity index (χ4v) is 4.17. The Kier molecular flexibility index (Phi) is 6.37. The number of quaternary nitrogens is 1. The van der Waals surface area contributed by atoms with E-state index in [1.165, 1.54) is 25.9 Å². The normalized spacial score (nSPS) is 14.0. The molecule has 2 aromatic carbocycles. The van der Waals surface area contributed by atoms with E-state index in [0.29, 0.717) is 12.2 Å². The Balaban J connectivity index is 1.66. The molecule has 31 heavy (non-hydrogen) atoms. The molecule has 0 radical (unpaired) electrons. The topological polar surface area (TPSA) is 60.6 Å². The number of nitrogens with zero attached hydrogens (tertiary/aromatic N) is 2. The maximum absolute atomic E-state index is 13.2. The quantitative estimate of drug-likeness (QED) is 0.619. The highest BCUT2D eigenvalue weighted by atomic mass is 16.5. The highest BCUT2D eigenvalue weighted by Gasteiger charge is 2.20. The van der Waals surface area contributed by atoms with E-state index in [2.05, 4.69) is 23.5 Å². The van der Waals surface area contributed by atoms with Crippen molar-refractivity contribution in [1.29, 1.82) is 0 Å². The first-order chi connectivity index (χ1) is 15.0. The minimum Gasteiger partial charge on any atom is -0.497 e. The third-order valence-electron chi connectivity index (χ3n) is 5.98. The molecule has 0 spiro atoms. The maximum atomic E-state index is 13.2. The van der Waals surface area contributed by atoms with Crippen LogP contribution in [0.25, 0.3) is 16.9 Å². The molecule has 1 fully saturated rings. The number of aryl methyl sites for hydroxylation is 2. The van der Waals surface area contributed by atoms with Crippen LogP contribution in [0, 0.1) is 13.8 Å². The van der Waals surface area contributed by atoms with Gasteiger partial charge in [0.2, 0.25) is 0 Å². The molecular formula is C25H31N4O2+. The predicted octanol–water partition coefficient (Wildman–Crippen LogP) is 2.57. The number of benzene rings is 2. The van der Waals surface area contributed by atoms with E-state index in [9.17, 15) is 4.79 Å². The average Bonchev–Trinajstić information content (AvgIpc) is 3.45. The molecule has 1 saturated heterocycles. The average molecular weight is 420 g/mol. The zero-order valence-electron chi connectivity index (χ0n) is 18.6. The summed E-state index contributed by atoms with van der Waals surface area (Å²) in [5.41, 5.74) is 5.32. The van der Waals surface area contributed by atoms with Crippen LogP contribution in [-0.4, -0.2) is 49.0 Å². The first kappa shape index (κ1) is 21.1. The van der Waals surface area contributed by atoms with Crippen LogP contribution in [0.4, 0.5) is 0 Å². The van der Waals surface area contributed by atoms with E-state index >= 15 is 0 Å². The number of aromatic nitrogens is 2. The second-order valence-corrected chi connectivity index (χ2v) is 8.31. The summed E-state index contributed by atoms with van der Waals surface area (Å²) in [4.78, 5) is 14.7. The van der Waals surface area contributed by atoms with Gasteiger partial charge in [0.15, 0.2) is 0 Å². The van der Waals surface area contributed by atoms with Crippen molar-refractivity contribution in [2.24, 2.45) is 0 Å². The predicted molar refractivity (Wildman–Crippen MR) is 122 cm³/mol. The van der Waals surface area contributed by atoms with E-state index in [0.717, 1.165) is 40.4 Å². The number of nitrogens with one attached hydrogen (secondary N) is 2. The fraction of sp³-hybridized carbons (Fsp3) is 0.360. The van der Waals surface area contributed by atoms with Crippen LogP contribution in [0.1, 0.15) is 34.5 Å². The lowest BCUT2D eigenvalue weighted by Crippen LogP contribution is -3.10. The number of rotatable bonds is 7. The van der Waals surface area contributed by atoms with Crippen LogP contribution in [0.5, 0.6) is 5.75 Å². The van der Waals surface area contributed by atoms with Crippen LogP contribution in [0.2, 0.25) is 0 Å². The lowest BCUT2D eigenvalue weighted by molar-refractivity contribution is -0.886. The summed E-state index contributed by atoms with van der Waals surface area (Å²) >= 11 is 0. The van der Waals surface area contributed by atoms with Crippen LogP contribution < -0.4 is 15.0 Å². The molecule has 162 valence electrons. The number of carbonyl (C=O) groups is 1. The van der Waals surface area contributed by atoms with Crippen LogP contribution in [0.15, 0.2) is 48.5 Å². The Bertz CT molecular complexity index is 1070. The Morgan fingerprint density at radius 2 is 1.94 bits per heavy atom. The highest BCUT2D eigenvalue weighted by Crippen LogP contribution is 2.26. The van der Waals surface area contributed by atoms with Gasteiger partial charge in [-0.2, -0.15) is 5.10 Å². The van der Waals surface area contributed by atoms with Gasteiger partial charge in [-0.3, -0.25) is 4.79 Å². The molecule has 0 saturated carbocycles. The largest absolute Gasteiger partial charge is 0.497 e. The molecule has 3 aromatic rings. The molecule has 1 aliphatic rings. The minimum absolute atomic E-state index is 0.0962. The third kappa shape index (κ3) is 4.80. The van der Waals surface area contributed by atoms with Crippen LogP contribution >= 0.6 is 0 Å². The van der Waals surface area contributed by atoms with Crippen molar-refractivity contribution in [3.8, 4) is 22.7 Å². The second kappa shape index (κ2) is 9.35. The molecule has 4 rings (SSSR count). The van der Waals surface area contributed by atoms with E-state index in [4.69, 9.17) is 9.84 Å². The van der Waals surface area contributed by atoms with Crippen LogP contribution in [0.3, 0.4) is 0 Å². The van der Waals surface area contributed by atoms with Gasteiger partial charge >= 0.3 is 0 Å². The summed E-state index contributed by atoms with van der Waals surface area (Å²) in [5.74, 6) is 0.666. The van der Waals surface area contributed by atoms with Gasteiger partial charge in [-0.1, -0.05) is 24.3 Å². The highest BCUT2D eigenvalue weighted by molar-refractivity contribution is 5.94. The number of methoxy groups -OCH3 is 1. The molecule has 0 atom stereocenters. The Morgan fingerprint density at radius 1 is 1.13 bits per heavy atom. The van der Waals surface area contributed by atoms with Gasteiger partial charge in [-0.05, 0) is 49.2 Å². The lowest BCUT2D eigenvalue weighted by atomic mass is 10.1. The van der Waals surface area contributed by atoms with Crippen molar-refractivity contribution in [3.63, 3.8) is 0 Å². The SMILES string of the molecule is COc1cccc(-c2cc(C(=O)NCC[NH+]3CCCC3)n(-c3cc(C)ccc3C)n2)c1. The maximum Gasteiger partial charge on any atom is 0.270 e. The number of amides is 1. The van der Waals surface area contributed by atoms with Crippen LogP contribution in [-0.2, 0) is 0 Å². The smallest absolute Gasteiger partial charge is 0.270 e. The zero-order valence-corrected chi connectivity index (χ0v) is 18.6.